The molecular weight excluding hydrogens is 757 g/mol. The number of hydrogen-bond acceptors (Lipinski definition) is 3. The van der Waals surface area contributed by atoms with Crippen molar-refractivity contribution in [3.05, 3.63) is 193 Å². The van der Waals surface area contributed by atoms with Gasteiger partial charge in [0.2, 0.25) is 0 Å². The van der Waals surface area contributed by atoms with Gasteiger partial charge in [0.05, 0.1) is 27.6 Å². The van der Waals surface area contributed by atoms with E-state index in [1.807, 2.05) is 12.3 Å². The maximum atomic E-state index is 5.33. The molecule has 0 amide bonds. The van der Waals surface area contributed by atoms with E-state index < -0.39 is 0 Å². The molecule has 12 aromatic rings. The average molecular weight is 795 g/mol. The molecule has 6 nitrogen and oxygen atoms in total. The SMILES string of the molecule is Cn1c(-c2cccc(-n3c4cc(-c5nc6cc(-c7ccc8c(c7)Cc7ccccc7-8)ccc6n5C)ccc4c4cc(-c5cccc6ccccc56)cnc43)c2)nc2ccccc21. The average Bonchev–Trinajstić information content (AvgIpc) is 4.06. The Morgan fingerprint density at radius 1 is 0.419 bits per heavy atom. The second-order valence-electron chi connectivity index (χ2n) is 16.6. The fourth-order valence-electron chi connectivity index (χ4n) is 10.1. The summed E-state index contributed by atoms with van der Waals surface area (Å²) in [6.45, 7) is 0. The Bertz CT molecular complexity index is 3820. The summed E-state index contributed by atoms with van der Waals surface area (Å²) in [5, 5.41) is 4.65. The smallest absolute Gasteiger partial charge is 0.145 e. The van der Waals surface area contributed by atoms with E-state index in [0.717, 1.165) is 84.5 Å². The Morgan fingerprint density at radius 3 is 2.03 bits per heavy atom. The third-order valence-electron chi connectivity index (χ3n) is 13.1. The van der Waals surface area contributed by atoms with Crippen LogP contribution in [0.2, 0.25) is 0 Å². The van der Waals surface area contributed by atoms with E-state index in [1.54, 1.807) is 0 Å². The Balaban J connectivity index is 0.969. The number of hydrogen-bond donors (Lipinski definition) is 0. The summed E-state index contributed by atoms with van der Waals surface area (Å²) in [6.07, 6.45) is 3.00. The van der Waals surface area contributed by atoms with E-state index in [-0.39, 0.29) is 0 Å². The first kappa shape index (κ1) is 34.7. The molecule has 0 fully saturated rings. The molecule has 0 spiro atoms. The second kappa shape index (κ2) is 13.2. The van der Waals surface area contributed by atoms with Gasteiger partial charge in [0.15, 0.2) is 0 Å². The monoisotopic (exact) mass is 794 g/mol. The molecule has 0 bridgehead atoms. The Morgan fingerprint density at radius 2 is 1.11 bits per heavy atom. The Kier molecular flexibility index (Phi) is 7.40. The summed E-state index contributed by atoms with van der Waals surface area (Å²) in [5.74, 6) is 1.84. The van der Waals surface area contributed by atoms with Crippen LogP contribution in [-0.4, -0.2) is 28.7 Å². The van der Waals surface area contributed by atoms with Gasteiger partial charge in [-0.15, -0.1) is 0 Å². The van der Waals surface area contributed by atoms with Gasteiger partial charge in [-0.3, -0.25) is 4.57 Å². The summed E-state index contributed by atoms with van der Waals surface area (Å²) in [7, 11) is 4.21. The highest BCUT2D eigenvalue weighted by atomic mass is 15.1. The third kappa shape index (κ3) is 5.20. The first-order chi connectivity index (χ1) is 30.5. The molecule has 4 heterocycles. The minimum atomic E-state index is 0.898. The summed E-state index contributed by atoms with van der Waals surface area (Å²) >= 11 is 0. The summed E-state index contributed by atoms with van der Waals surface area (Å²) in [4.78, 5) is 15.7. The van der Waals surface area contributed by atoms with Crippen LogP contribution >= 0.6 is 0 Å². The van der Waals surface area contributed by atoms with Crippen LogP contribution in [0, 0.1) is 0 Å². The number of para-hydroxylation sites is 2. The van der Waals surface area contributed by atoms with E-state index in [1.165, 1.54) is 49.7 Å². The molecule has 0 atom stereocenters. The molecule has 0 saturated carbocycles. The van der Waals surface area contributed by atoms with Gasteiger partial charge < -0.3 is 9.13 Å². The van der Waals surface area contributed by atoms with Crippen LogP contribution in [0.4, 0.5) is 0 Å². The van der Waals surface area contributed by atoms with E-state index in [9.17, 15) is 0 Å². The molecule has 1 aliphatic carbocycles. The van der Waals surface area contributed by atoms with Crippen LogP contribution in [0.5, 0.6) is 0 Å². The van der Waals surface area contributed by atoms with Gasteiger partial charge in [-0.25, -0.2) is 15.0 Å². The Labute approximate surface area is 357 Å². The molecule has 4 aromatic heterocycles. The lowest BCUT2D eigenvalue weighted by Gasteiger charge is -2.11. The van der Waals surface area contributed by atoms with Crippen molar-refractivity contribution in [3.63, 3.8) is 0 Å². The number of fused-ring (bicyclic) bond motifs is 9. The predicted molar refractivity (Wildman–Crippen MR) is 255 cm³/mol. The zero-order valence-corrected chi connectivity index (χ0v) is 34.2. The molecule has 292 valence electrons. The maximum absolute atomic E-state index is 5.33. The van der Waals surface area contributed by atoms with Gasteiger partial charge in [0.25, 0.3) is 0 Å². The van der Waals surface area contributed by atoms with Crippen LogP contribution in [0.1, 0.15) is 11.1 Å². The first-order valence-corrected chi connectivity index (χ1v) is 21.2. The molecule has 62 heavy (non-hydrogen) atoms. The molecule has 0 unspecified atom stereocenters. The minimum absolute atomic E-state index is 0.898. The lowest BCUT2D eigenvalue weighted by atomic mass is 9.98. The summed E-state index contributed by atoms with van der Waals surface area (Å²) < 4.78 is 6.70. The standard InChI is InChI=1S/C56H38N6/c1-60-51-20-8-7-19-49(51)58-54(60)38-14-9-15-42(29-38)62-53-32-39(22-25-47(53)48-30-41(33-57-56(48)62)45-18-10-13-34-11-3-5-16-43(34)45)55-59-50-31-36(23-26-52(50)61(55)2)35-21-24-46-40(27-35)28-37-12-4-6-17-44(37)46/h3-27,29-33H,28H2,1-2H3. The van der Waals surface area contributed by atoms with Crippen molar-refractivity contribution in [2.75, 3.05) is 0 Å². The number of aromatic nitrogens is 6. The van der Waals surface area contributed by atoms with Crippen LogP contribution in [-0.2, 0) is 20.5 Å². The van der Waals surface area contributed by atoms with Gasteiger partial charge in [-0.2, -0.15) is 0 Å². The van der Waals surface area contributed by atoms with E-state index in [2.05, 4.69) is 198 Å². The minimum Gasteiger partial charge on any atom is -0.327 e. The topological polar surface area (TPSA) is 53.5 Å². The third-order valence-corrected chi connectivity index (χ3v) is 13.1. The molecule has 0 N–H and O–H groups in total. The predicted octanol–water partition coefficient (Wildman–Crippen LogP) is 13.3. The second-order valence-corrected chi connectivity index (χ2v) is 16.6. The fraction of sp³-hybridized carbons (Fsp3) is 0.0536. The van der Waals surface area contributed by atoms with Gasteiger partial charge in [-0.1, -0.05) is 127 Å². The van der Waals surface area contributed by atoms with E-state index in [0.29, 0.717) is 0 Å². The van der Waals surface area contributed by atoms with Gasteiger partial charge in [0.1, 0.15) is 17.3 Å². The zero-order valence-electron chi connectivity index (χ0n) is 34.2. The Hall–Kier alpha value is -8.09. The van der Waals surface area contributed by atoms with Gasteiger partial charge in [-0.05, 0) is 105 Å². The van der Waals surface area contributed by atoms with Crippen LogP contribution in [0.15, 0.2) is 182 Å². The molecule has 0 aliphatic heterocycles. The number of nitrogens with zero attached hydrogens (tertiary/aromatic N) is 6. The van der Waals surface area contributed by atoms with Crippen molar-refractivity contribution >= 4 is 54.8 Å². The van der Waals surface area contributed by atoms with Crippen molar-refractivity contribution < 1.29 is 0 Å². The van der Waals surface area contributed by atoms with Crippen molar-refractivity contribution in [1.82, 2.24) is 28.7 Å². The number of rotatable bonds is 5. The molecule has 0 saturated heterocycles. The van der Waals surface area contributed by atoms with Crippen molar-refractivity contribution in [2.45, 2.75) is 6.42 Å². The highest BCUT2D eigenvalue weighted by Crippen LogP contribution is 2.41. The van der Waals surface area contributed by atoms with Crippen molar-refractivity contribution in [2.24, 2.45) is 14.1 Å². The van der Waals surface area contributed by atoms with E-state index >= 15 is 0 Å². The van der Waals surface area contributed by atoms with E-state index in [4.69, 9.17) is 15.0 Å². The van der Waals surface area contributed by atoms with Crippen LogP contribution < -0.4 is 0 Å². The number of aryl methyl sites for hydroxylation is 2. The van der Waals surface area contributed by atoms with Gasteiger partial charge >= 0.3 is 0 Å². The molecule has 1 aliphatic rings. The number of benzene rings is 8. The lowest BCUT2D eigenvalue weighted by Crippen LogP contribution is -1.98. The highest BCUT2D eigenvalue weighted by Gasteiger charge is 2.21. The van der Waals surface area contributed by atoms with Crippen molar-refractivity contribution in [3.8, 4) is 61.8 Å². The van der Waals surface area contributed by atoms with Crippen LogP contribution in [0.25, 0.3) is 117 Å². The molecule has 0 radical (unpaired) electrons. The highest BCUT2D eigenvalue weighted by molar-refractivity contribution is 6.11. The summed E-state index contributed by atoms with van der Waals surface area (Å²) in [6, 6.07) is 63.4. The summed E-state index contributed by atoms with van der Waals surface area (Å²) in [5.41, 5.74) is 19.3. The number of pyridine rings is 1. The van der Waals surface area contributed by atoms with Gasteiger partial charge in [0, 0.05) is 53.4 Å². The number of imidazole rings is 2. The normalized spacial score (nSPS) is 12.3. The van der Waals surface area contributed by atoms with Crippen molar-refractivity contribution in [1.29, 1.82) is 0 Å². The first-order valence-electron chi connectivity index (χ1n) is 21.2. The molecular formula is C56H38N6. The molecule has 6 heteroatoms. The fourth-order valence-corrected chi connectivity index (χ4v) is 10.1. The zero-order chi connectivity index (χ0) is 41.1. The largest absolute Gasteiger partial charge is 0.327 e. The quantitative estimate of drug-likeness (QED) is 0.174. The van der Waals surface area contributed by atoms with Crippen LogP contribution in [0.3, 0.4) is 0 Å². The maximum Gasteiger partial charge on any atom is 0.145 e. The molecule has 13 rings (SSSR count). The lowest BCUT2D eigenvalue weighted by molar-refractivity contribution is 0.958. The molecule has 8 aromatic carbocycles.